The SMILES string of the molecule is NC(=O)C(N)(COCC1CCCC1)C1CC1. The number of hydrogen-bond donors (Lipinski definition) is 2. The van der Waals surface area contributed by atoms with Crippen LogP contribution in [-0.4, -0.2) is 24.7 Å². The number of carbonyl (C=O) groups is 1. The minimum Gasteiger partial charge on any atom is -0.379 e. The van der Waals surface area contributed by atoms with E-state index in [1.54, 1.807) is 0 Å². The number of nitrogens with two attached hydrogens (primary N) is 2. The molecule has 0 radical (unpaired) electrons. The lowest BCUT2D eigenvalue weighted by atomic mass is 9.95. The average Bonchev–Trinajstić information content (AvgIpc) is 2.98. The second kappa shape index (κ2) is 4.72. The van der Waals surface area contributed by atoms with Crippen molar-refractivity contribution >= 4 is 5.91 Å². The van der Waals surface area contributed by atoms with Gasteiger partial charge in [0.1, 0.15) is 5.54 Å². The molecule has 0 aliphatic heterocycles. The first-order valence-electron chi connectivity index (χ1n) is 6.29. The van der Waals surface area contributed by atoms with E-state index < -0.39 is 11.4 Å². The zero-order valence-corrected chi connectivity index (χ0v) is 9.78. The van der Waals surface area contributed by atoms with Crippen LogP contribution in [0.2, 0.25) is 0 Å². The maximum atomic E-state index is 11.3. The summed E-state index contributed by atoms with van der Waals surface area (Å²) < 4.78 is 5.62. The van der Waals surface area contributed by atoms with Crippen LogP contribution < -0.4 is 11.5 Å². The summed E-state index contributed by atoms with van der Waals surface area (Å²) in [6.07, 6.45) is 7.12. The van der Waals surface area contributed by atoms with Crippen LogP contribution in [0.25, 0.3) is 0 Å². The Kier molecular flexibility index (Phi) is 3.50. The molecule has 2 rings (SSSR count). The number of carbonyl (C=O) groups excluding carboxylic acids is 1. The predicted molar refractivity (Wildman–Crippen MR) is 61.6 cm³/mol. The van der Waals surface area contributed by atoms with Crippen molar-refractivity contribution in [2.75, 3.05) is 13.2 Å². The maximum absolute atomic E-state index is 11.3. The first-order chi connectivity index (χ1) is 7.63. The Balaban J connectivity index is 1.75. The molecule has 0 bridgehead atoms. The molecule has 4 nitrogen and oxygen atoms in total. The molecule has 92 valence electrons. The molecule has 0 spiro atoms. The van der Waals surface area contributed by atoms with Gasteiger partial charge in [0.05, 0.1) is 6.61 Å². The van der Waals surface area contributed by atoms with Crippen LogP contribution in [-0.2, 0) is 9.53 Å². The Morgan fingerprint density at radius 1 is 1.25 bits per heavy atom. The van der Waals surface area contributed by atoms with Crippen molar-refractivity contribution in [1.29, 1.82) is 0 Å². The van der Waals surface area contributed by atoms with Gasteiger partial charge in [-0.3, -0.25) is 4.79 Å². The molecule has 4 heteroatoms. The summed E-state index contributed by atoms with van der Waals surface area (Å²) in [4.78, 5) is 11.3. The molecule has 1 atom stereocenters. The fourth-order valence-electron chi connectivity index (χ4n) is 2.56. The van der Waals surface area contributed by atoms with Gasteiger partial charge in [0.2, 0.25) is 5.91 Å². The van der Waals surface area contributed by atoms with Crippen LogP contribution in [0.15, 0.2) is 0 Å². The second-order valence-corrected chi connectivity index (χ2v) is 5.34. The number of primary amides is 1. The van der Waals surface area contributed by atoms with Crippen molar-refractivity contribution in [3.05, 3.63) is 0 Å². The molecule has 2 saturated carbocycles. The Bertz CT molecular complexity index is 260. The van der Waals surface area contributed by atoms with E-state index in [0.717, 1.165) is 19.4 Å². The largest absolute Gasteiger partial charge is 0.379 e. The van der Waals surface area contributed by atoms with Gasteiger partial charge in [-0.2, -0.15) is 0 Å². The maximum Gasteiger partial charge on any atom is 0.240 e. The van der Waals surface area contributed by atoms with Crippen molar-refractivity contribution in [1.82, 2.24) is 0 Å². The van der Waals surface area contributed by atoms with Crippen molar-refractivity contribution in [2.45, 2.75) is 44.1 Å². The van der Waals surface area contributed by atoms with Crippen LogP contribution in [0, 0.1) is 11.8 Å². The van der Waals surface area contributed by atoms with Gasteiger partial charge in [-0.15, -0.1) is 0 Å². The van der Waals surface area contributed by atoms with Gasteiger partial charge in [0.25, 0.3) is 0 Å². The summed E-state index contributed by atoms with van der Waals surface area (Å²) in [7, 11) is 0. The topological polar surface area (TPSA) is 78.3 Å². The number of rotatable bonds is 6. The van der Waals surface area contributed by atoms with Gasteiger partial charge in [0.15, 0.2) is 0 Å². The van der Waals surface area contributed by atoms with Crippen LogP contribution >= 0.6 is 0 Å². The monoisotopic (exact) mass is 226 g/mol. The highest BCUT2D eigenvalue weighted by molar-refractivity contribution is 5.85. The smallest absolute Gasteiger partial charge is 0.240 e. The van der Waals surface area contributed by atoms with E-state index in [1.165, 1.54) is 25.7 Å². The fourth-order valence-corrected chi connectivity index (χ4v) is 2.56. The van der Waals surface area contributed by atoms with Crippen molar-refractivity contribution < 1.29 is 9.53 Å². The van der Waals surface area contributed by atoms with Crippen LogP contribution in [0.3, 0.4) is 0 Å². The third-order valence-corrected chi connectivity index (χ3v) is 3.93. The van der Waals surface area contributed by atoms with Gasteiger partial charge >= 0.3 is 0 Å². The van der Waals surface area contributed by atoms with E-state index in [0.29, 0.717) is 12.5 Å². The summed E-state index contributed by atoms with van der Waals surface area (Å²) in [6, 6.07) is 0. The fraction of sp³-hybridized carbons (Fsp3) is 0.917. The first-order valence-corrected chi connectivity index (χ1v) is 6.29. The van der Waals surface area contributed by atoms with Crippen LogP contribution in [0.5, 0.6) is 0 Å². The van der Waals surface area contributed by atoms with E-state index in [1.807, 2.05) is 0 Å². The van der Waals surface area contributed by atoms with E-state index in [2.05, 4.69) is 0 Å². The molecule has 1 unspecified atom stereocenters. The first kappa shape index (κ1) is 11.9. The molecule has 0 aromatic rings. The van der Waals surface area contributed by atoms with Crippen LogP contribution in [0.1, 0.15) is 38.5 Å². The van der Waals surface area contributed by atoms with E-state index in [4.69, 9.17) is 16.2 Å². The molecule has 2 aliphatic carbocycles. The lowest BCUT2D eigenvalue weighted by Crippen LogP contribution is -2.57. The van der Waals surface area contributed by atoms with Crippen molar-refractivity contribution in [2.24, 2.45) is 23.3 Å². The summed E-state index contributed by atoms with van der Waals surface area (Å²) in [5.41, 5.74) is 10.5. The Morgan fingerprint density at radius 3 is 2.38 bits per heavy atom. The van der Waals surface area contributed by atoms with E-state index in [-0.39, 0.29) is 5.92 Å². The summed E-state index contributed by atoms with van der Waals surface area (Å²) in [6.45, 7) is 1.03. The highest BCUT2D eigenvalue weighted by Gasteiger charge is 2.47. The second-order valence-electron chi connectivity index (χ2n) is 5.34. The van der Waals surface area contributed by atoms with Gasteiger partial charge in [-0.05, 0) is 37.5 Å². The third-order valence-electron chi connectivity index (χ3n) is 3.93. The zero-order chi connectivity index (χ0) is 11.6. The highest BCUT2D eigenvalue weighted by Crippen LogP contribution is 2.38. The molecule has 2 fully saturated rings. The quantitative estimate of drug-likeness (QED) is 0.702. The van der Waals surface area contributed by atoms with Gasteiger partial charge in [-0.1, -0.05) is 12.8 Å². The number of hydrogen-bond acceptors (Lipinski definition) is 3. The van der Waals surface area contributed by atoms with Crippen LogP contribution in [0.4, 0.5) is 0 Å². The molecular weight excluding hydrogens is 204 g/mol. The Morgan fingerprint density at radius 2 is 1.88 bits per heavy atom. The number of ether oxygens (including phenoxy) is 1. The van der Waals surface area contributed by atoms with Crippen molar-refractivity contribution in [3.8, 4) is 0 Å². The summed E-state index contributed by atoms with van der Waals surface area (Å²) in [5, 5.41) is 0. The van der Waals surface area contributed by atoms with Gasteiger partial charge in [0, 0.05) is 6.61 Å². The average molecular weight is 226 g/mol. The molecule has 0 saturated heterocycles. The standard InChI is InChI=1S/C12H22N2O2/c13-11(15)12(14,10-5-6-10)8-16-7-9-3-1-2-4-9/h9-10H,1-8,14H2,(H2,13,15). The minimum absolute atomic E-state index is 0.244. The Labute approximate surface area is 96.7 Å². The van der Waals surface area contributed by atoms with E-state index >= 15 is 0 Å². The zero-order valence-electron chi connectivity index (χ0n) is 9.78. The third kappa shape index (κ3) is 2.55. The predicted octanol–water partition coefficient (Wildman–Crippen LogP) is 0.786. The molecule has 1 amide bonds. The van der Waals surface area contributed by atoms with Crippen molar-refractivity contribution in [3.63, 3.8) is 0 Å². The summed E-state index contributed by atoms with van der Waals surface area (Å²) in [5.74, 6) is 0.492. The Hall–Kier alpha value is -0.610. The molecular formula is C12H22N2O2. The number of amides is 1. The molecule has 4 N–H and O–H groups in total. The molecule has 2 aliphatic rings. The van der Waals surface area contributed by atoms with Gasteiger partial charge in [-0.25, -0.2) is 0 Å². The lowest BCUT2D eigenvalue weighted by Gasteiger charge is -2.26. The van der Waals surface area contributed by atoms with E-state index in [9.17, 15) is 4.79 Å². The molecule has 0 aromatic carbocycles. The summed E-state index contributed by atoms with van der Waals surface area (Å²) >= 11 is 0. The minimum atomic E-state index is -0.918. The molecule has 0 heterocycles. The molecule has 0 aromatic heterocycles. The normalized spacial score (nSPS) is 25.6. The highest BCUT2D eigenvalue weighted by atomic mass is 16.5. The molecule has 16 heavy (non-hydrogen) atoms. The van der Waals surface area contributed by atoms with Gasteiger partial charge < -0.3 is 16.2 Å². The lowest BCUT2D eigenvalue weighted by molar-refractivity contribution is -0.126.